The summed E-state index contributed by atoms with van der Waals surface area (Å²) in [5.41, 5.74) is 5.89. The van der Waals surface area contributed by atoms with Gasteiger partial charge in [-0.1, -0.05) is 58.9 Å². The normalized spacial score (nSPS) is 11.5. The first-order chi connectivity index (χ1) is 14.2. The summed E-state index contributed by atoms with van der Waals surface area (Å²) in [7, 11) is 3.36. The molecule has 0 bridgehead atoms. The molecule has 0 fully saturated rings. The Morgan fingerprint density at radius 1 is 0.733 bits per heavy atom. The lowest BCUT2D eigenvalue weighted by atomic mass is 9.87. The molecule has 0 saturated heterocycles. The highest BCUT2D eigenvalue weighted by Crippen LogP contribution is 2.42. The number of hydrogen-bond donors (Lipinski definition) is 0. The summed E-state index contributed by atoms with van der Waals surface area (Å²) in [6.07, 6.45) is 0. The van der Waals surface area contributed by atoms with Gasteiger partial charge in [0.15, 0.2) is 0 Å². The SMILES string of the molecule is COc1ccc(N(c2ccc(C(C)C)cc2)c2ccc(C(C)(C)C)cc2)c(OC)c1. The lowest BCUT2D eigenvalue weighted by Gasteiger charge is -2.28. The highest BCUT2D eigenvalue weighted by molar-refractivity contribution is 5.80. The van der Waals surface area contributed by atoms with E-state index in [1.807, 2.05) is 18.2 Å². The second kappa shape index (κ2) is 8.83. The summed E-state index contributed by atoms with van der Waals surface area (Å²) < 4.78 is 11.1. The fraction of sp³-hybridized carbons (Fsp3) is 0.333. The van der Waals surface area contributed by atoms with Crippen LogP contribution in [0.1, 0.15) is 51.7 Å². The molecule has 0 heterocycles. The van der Waals surface area contributed by atoms with E-state index >= 15 is 0 Å². The van der Waals surface area contributed by atoms with Gasteiger partial charge >= 0.3 is 0 Å². The largest absolute Gasteiger partial charge is 0.497 e. The maximum Gasteiger partial charge on any atom is 0.146 e. The quantitative estimate of drug-likeness (QED) is 0.423. The number of nitrogens with zero attached hydrogens (tertiary/aromatic N) is 1. The third kappa shape index (κ3) is 4.62. The molecule has 0 aromatic heterocycles. The van der Waals surface area contributed by atoms with Crippen molar-refractivity contribution in [2.75, 3.05) is 19.1 Å². The van der Waals surface area contributed by atoms with Gasteiger partial charge in [-0.25, -0.2) is 0 Å². The Hall–Kier alpha value is -2.94. The summed E-state index contributed by atoms with van der Waals surface area (Å²) >= 11 is 0. The van der Waals surface area contributed by atoms with Gasteiger partial charge in [-0.2, -0.15) is 0 Å². The van der Waals surface area contributed by atoms with E-state index in [-0.39, 0.29) is 5.41 Å². The summed E-state index contributed by atoms with van der Waals surface area (Å²) in [5.74, 6) is 2.03. The van der Waals surface area contributed by atoms with Gasteiger partial charge < -0.3 is 14.4 Å². The predicted octanol–water partition coefficient (Wildman–Crippen LogP) is 7.59. The molecule has 3 nitrogen and oxygen atoms in total. The Labute approximate surface area is 181 Å². The Morgan fingerprint density at radius 3 is 1.77 bits per heavy atom. The van der Waals surface area contributed by atoms with Crippen LogP contribution in [-0.4, -0.2) is 14.2 Å². The van der Waals surface area contributed by atoms with Crippen LogP contribution in [0.5, 0.6) is 11.5 Å². The molecule has 3 rings (SSSR count). The van der Waals surface area contributed by atoms with Gasteiger partial charge in [-0.05, 0) is 58.9 Å². The molecule has 3 aromatic carbocycles. The van der Waals surface area contributed by atoms with Crippen molar-refractivity contribution in [2.45, 2.75) is 46.0 Å². The summed E-state index contributed by atoms with van der Waals surface area (Å²) in [6, 6.07) is 23.5. The number of methoxy groups -OCH3 is 2. The second-order valence-electron chi connectivity index (χ2n) is 8.92. The van der Waals surface area contributed by atoms with Crippen molar-refractivity contribution >= 4 is 17.1 Å². The van der Waals surface area contributed by atoms with Crippen LogP contribution < -0.4 is 14.4 Å². The molecule has 0 unspecified atom stereocenters. The third-order valence-electron chi connectivity index (χ3n) is 5.44. The van der Waals surface area contributed by atoms with Crippen LogP contribution in [0.25, 0.3) is 0 Å². The van der Waals surface area contributed by atoms with Gasteiger partial charge in [0.25, 0.3) is 0 Å². The Balaban J connectivity index is 2.14. The minimum atomic E-state index is 0.111. The molecule has 0 aliphatic carbocycles. The Morgan fingerprint density at radius 2 is 1.30 bits per heavy atom. The topological polar surface area (TPSA) is 21.7 Å². The molecule has 0 atom stereocenters. The fourth-order valence-electron chi connectivity index (χ4n) is 3.52. The molecule has 0 saturated carbocycles. The lowest BCUT2D eigenvalue weighted by molar-refractivity contribution is 0.395. The minimum absolute atomic E-state index is 0.111. The van der Waals surface area contributed by atoms with Gasteiger partial charge in [0.1, 0.15) is 11.5 Å². The molecular weight excluding hydrogens is 370 g/mol. The minimum Gasteiger partial charge on any atom is -0.497 e. The number of benzene rings is 3. The number of rotatable bonds is 6. The molecular formula is C27H33NO2. The van der Waals surface area contributed by atoms with E-state index in [2.05, 4.69) is 88.0 Å². The average molecular weight is 404 g/mol. The van der Waals surface area contributed by atoms with Crippen molar-refractivity contribution in [1.29, 1.82) is 0 Å². The van der Waals surface area contributed by atoms with Crippen molar-refractivity contribution in [3.8, 4) is 11.5 Å². The van der Waals surface area contributed by atoms with E-state index in [0.717, 1.165) is 28.6 Å². The molecule has 0 aliphatic heterocycles. The van der Waals surface area contributed by atoms with Crippen LogP contribution in [-0.2, 0) is 5.41 Å². The van der Waals surface area contributed by atoms with Gasteiger partial charge in [-0.3, -0.25) is 0 Å². The van der Waals surface area contributed by atoms with Crippen LogP contribution >= 0.6 is 0 Å². The average Bonchev–Trinajstić information content (AvgIpc) is 2.74. The highest BCUT2D eigenvalue weighted by Gasteiger charge is 2.19. The maximum absolute atomic E-state index is 5.73. The number of hydrogen-bond acceptors (Lipinski definition) is 3. The molecule has 0 radical (unpaired) electrons. The summed E-state index contributed by atoms with van der Waals surface area (Å²) in [6.45, 7) is 11.1. The number of ether oxygens (including phenoxy) is 2. The zero-order valence-electron chi connectivity index (χ0n) is 19.2. The summed E-state index contributed by atoms with van der Waals surface area (Å²) in [5, 5.41) is 0. The molecule has 0 amide bonds. The standard InChI is InChI=1S/C27H33NO2/c1-19(2)20-8-12-22(13-9-20)28(23-14-10-21(11-15-23)27(3,4)5)25-17-16-24(29-6)18-26(25)30-7/h8-19H,1-7H3. The van der Waals surface area contributed by atoms with E-state index < -0.39 is 0 Å². The molecule has 30 heavy (non-hydrogen) atoms. The molecule has 0 N–H and O–H groups in total. The highest BCUT2D eigenvalue weighted by atomic mass is 16.5. The first-order valence-electron chi connectivity index (χ1n) is 10.5. The van der Waals surface area contributed by atoms with E-state index in [9.17, 15) is 0 Å². The molecule has 3 aromatic rings. The van der Waals surface area contributed by atoms with Crippen LogP contribution in [0.3, 0.4) is 0 Å². The molecule has 3 heteroatoms. The van der Waals surface area contributed by atoms with Crippen molar-refractivity contribution in [1.82, 2.24) is 0 Å². The number of anilines is 3. The van der Waals surface area contributed by atoms with Crippen molar-refractivity contribution < 1.29 is 9.47 Å². The van der Waals surface area contributed by atoms with E-state index in [1.165, 1.54) is 11.1 Å². The molecule has 158 valence electrons. The van der Waals surface area contributed by atoms with Crippen LogP contribution in [0.4, 0.5) is 17.1 Å². The van der Waals surface area contributed by atoms with Crippen molar-refractivity contribution in [3.63, 3.8) is 0 Å². The lowest BCUT2D eigenvalue weighted by Crippen LogP contribution is -2.14. The second-order valence-corrected chi connectivity index (χ2v) is 8.92. The van der Waals surface area contributed by atoms with Crippen LogP contribution in [0, 0.1) is 0 Å². The zero-order chi connectivity index (χ0) is 21.9. The first-order valence-corrected chi connectivity index (χ1v) is 10.5. The van der Waals surface area contributed by atoms with E-state index in [4.69, 9.17) is 9.47 Å². The van der Waals surface area contributed by atoms with Crippen molar-refractivity contribution in [2.24, 2.45) is 0 Å². The molecule has 0 aliphatic rings. The van der Waals surface area contributed by atoms with Gasteiger partial charge in [0.2, 0.25) is 0 Å². The van der Waals surface area contributed by atoms with Gasteiger partial charge in [0, 0.05) is 17.4 Å². The van der Waals surface area contributed by atoms with Gasteiger partial charge in [0.05, 0.1) is 19.9 Å². The monoisotopic (exact) mass is 403 g/mol. The smallest absolute Gasteiger partial charge is 0.146 e. The first kappa shape index (κ1) is 21.8. The van der Waals surface area contributed by atoms with Crippen LogP contribution in [0.15, 0.2) is 66.7 Å². The van der Waals surface area contributed by atoms with Crippen molar-refractivity contribution in [3.05, 3.63) is 77.9 Å². The Bertz CT molecular complexity index is 967. The molecule has 0 spiro atoms. The van der Waals surface area contributed by atoms with Crippen LogP contribution in [0.2, 0.25) is 0 Å². The third-order valence-corrected chi connectivity index (χ3v) is 5.44. The van der Waals surface area contributed by atoms with E-state index in [1.54, 1.807) is 14.2 Å². The predicted molar refractivity (Wildman–Crippen MR) is 127 cm³/mol. The van der Waals surface area contributed by atoms with Gasteiger partial charge in [-0.15, -0.1) is 0 Å². The zero-order valence-corrected chi connectivity index (χ0v) is 19.2. The summed E-state index contributed by atoms with van der Waals surface area (Å²) in [4.78, 5) is 2.23. The van der Waals surface area contributed by atoms with E-state index in [0.29, 0.717) is 5.92 Å². The fourth-order valence-corrected chi connectivity index (χ4v) is 3.52. The Kier molecular flexibility index (Phi) is 6.40. The maximum atomic E-state index is 5.73.